The third-order valence-corrected chi connectivity index (χ3v) is 5.59. The maximum Gasteiger partial charge on any atom is 0.115 e. The number of rotatable bonds is 7. The van der Waals surface area contributed by atoms with Gasteiger partial charge in [0.05, 0.1) is 6.67 Å². The fourth-order valence-electron chi connectivity index (χ4n) is 3.89. The fourth-order valence-corrected chi connectivity index (χ4v) is 3.89. The molecule has 2 nitrogen and oxygen atoms in total. The van der Waals surface area contributed by atoms with Gasteiger partial charge in [0.2, 0.25) is 0 Å². The minimum Gasteiger partial charge on any atom is -0.508 e. The first-order valence-corrected chi connectivity index (χ1v) is 10.2. The summed E-state index contributed by atoms with van der Waals surface area (Å²) in [5.41, 5.74) is 6.83. The number of phenols is 1. The van der Waals surface area contributed by atoms with Gasteiger partial charge in [-0.15, -0.1) is 0 Å². The van der Waals surface area contributed by atoms with Crippen LogP contribution < -0.4 is 5.32 Å². The van der Waals surface area contributed by atoms with Crippen molar-refractivity contribution in [2.24, 2.45) is 0 Å². The van der Waals surface area contributed by atoms with Gasteiger partial charge in [0.25, 0.3) is 0 Å². The number of hydrogen-bond donors (Lipinski definition) is 2. The van der Waals surface area contributed by atoms with Gasteiger partial charge in [-0.1, -0.05) is 66.7 Å². The molecule has 3 heteroatoms. The number of halogens is 1. The van der Waals surface area contributed by atoms with E-state index in [0.717, 1.165) is 40.9 Å². The lowest BCUT2D eigenvalue weighted by atomic mass is 9.86. The molecule has 0 radical (unpaired) electrons. The Morgan fingerprint density at radius 3 is 2.00 bits per heavy atom. The van der Waals surface area contributed by atoms with Crippen LogP contribution in [0.2, 0.25) is 0 Å². The smallest absolute Gasteiger partial charge is 0.115 e. The van der Waals surface area contributed by atoms with Gasteiger partial charge in [-0.3, -0.25) is 4.39 Å². The summed E-state index contributed by atoms with van der Waals surface area (Å²) in [6.45, 7) is 1.73. The Morgan fingerprint density at radius 1 is 0.828 bits per heavy atom. The first kappa shape index (κ1) is 19.4. The van der Waals surface area contributed by atoms with E-state index in [2.05, 4.69) is 41.7 Å². The van der Waals surface area contributed by atoms with Gasteiger partial charge >= 0.3 is 0 Å². The van der Waals surface area contributed by atoms with E-state index in [1.54, 1.807) is 12.1 Å². The first-order valence-electron chi connectivity index (χ1n) is 10.2. The highest BCUT2D eigenvalue weighted by molar-refractivity contribution is 5.98. The Labute approximate surface area is 171 Å². The Bertz CT molecular complexity index is 958. The minimum atomic E-state index is -0.340. The summed E-state index contributed by atoms with van der Waals surface area (Å²) < 4.78 is 13.1. The largest absolute Gasteiger partial charge is 0.508 e. The second-order valence-corrected chi connectivity index (χ2v) is 7.54. The number of hydrogen-bond acceptors (Lipinski definition) is 2. The molecule has 0 amide bonds. The maximum atomic E-state index is 13.1. The number of allylic oxidation sites excluding steroid dienone is 1. The van der Waals surface area contributed by atoms with Crippen molar-refractivity contribution in [2.45, 2.75) is 18.8 Å². The molecule has 148 valence electrons. The summed E-state index contributed by atoms with van der Waals surface area (Å²) in [7, 11) is 0. The number of alkyl halides is 1. The van der Waals surface area contributed by atoms with Crippen LogP contribution in [0.1, 0.15) is 41.0 Å². The van der Waals surface area contributed by atoms with Gasteiger partial charge in [-0.2, -0.15) is 0 Å². The predicted octanol–water partition coefficient (Wildman–Crippen LogP) is 5.79. The highest BCUT2D eigenvalue weighted by atomic mass is 19.1. The van der Waals surface area contributed by atoms with Crippen molar-refractivity contribution >= 4 is 11.1 Å². The van der Waals surface area contributed by atoms with Crippen molar-refractivity contribution < 1.29 is 9.50 Å². The van der Waals surface area contributed by atoms with Gasteiger partial charge in [0.1, 0.15) is 5.75 Å². The van der Waals surface area contributed by atoms with Gasteiger partial charge in [0.15, 0.2) is 0 Å². The molecular formula is C26H26FNO. The SMILES string of the molecule is Oc1ccc(C(=C(CCCF)c2ccccc2)c2ccc(C3CNC3)cc2)cc1. The highest BCUT2D eigenvalue weighted by Crippen LogP contribution is 2.36. The van der Waals surface area contributed by atoms with Gasteiger partial charge in [0, 0.05) is 19.0 Å². The summed E-state index contributed by atoms with van der Waals surface area (Å²) in [5, 5.41) is 13.1. The molecule has 29 heavy (non-hydrogen) atoms. The zero-order valence-electron chi connectivity index (χ0n) is 16.4. The standard InChI is InChI=1S/C26H26FNO/c27-16-4-7-25(20-5-2-1-3-6-20)26(22-12-14-24(29)15-13-22)21-10-8-19(9-11-21)23-17-28-18-23/h1-3,5-6,8-15,23,28-29H,4,7,16-18H2. The molecule has 1 aliphatic heterocycles. The van der Waals surface area contributed by atoms with Crippen LogP contribution in [0.15, 0.2) is 78.9 Å². The van der Waals surface area contributed by atoms with E-state index in [1.165, 1.54) is 5.56 Å². The van der Waals surface area contributed by atoms with E-state index < -0.39 is 0 Å². The highest BCUT2D eigenvalue weighted by Gasteiger charge is 2.19. The van der Waals surface area contributed by atoms with Crippen molar-refractivity contribution in [2.75, 3.05) is 19.8 Å². The Balaban J connectivity index is 1.85. The molecule has 0 unspecified atom stereocenters. The topological polar surface area (TPSA) is 32.3 Å². The molecule has 0 aromatic heterocycles. The van der Waals surface area contributed by atoms with Crippen LogP contribution in [-0.4, -0.2) is 24.9 Å². The Morgan fingerprint density at radius 2 is 1.45 bits per heavy atom. The number of phenolic OH excluding ortho intramolecular Hbond substituents is 1. The van der Waals surface area contributed by atoms with E-state index in [0.29, 0.717) is 18.8 Å². The molecule has 2 N–H and O–H groups in total. The lowest BCUT2D eigenvalue weighted by Gasteiger charge is -2.27. The summed E-state index contributed by atoms with van der Waals surface area (Å²) >= 11 is 0. The molecule has 0 atom stereocenters. The van der Waals surface area contributed by atoms with Crippen molar-refractivity contribution in [3.05, 3.63) is 101 Å². The van der Waals surface area contributed by atoms with Crippen molar-refractivity contribution in [3.63, 3.8) is 0 Å². The van der Waals surface area contributed by atoms with E-state index in [9.17, 15) is 9.50 Å². The number of benzene rings is 3. The summed E-state index contributed by atoms with van der Waals surface area (Å²) in [6, 6.07) is 26.3. The first-order chi connectivity index (χ1) is 14.3. The van der Waals surface area contributed by atoms with Gasteiger partial charge < -0.3 is 10.4 Å². The van der Waals surface area contributed by atoms with E-state index in [-0.39, 0.29) is 12.4 Å². The number of aromatic hydroxyl groups is 1. The molecule has 1 fully saturated rings. The minimum absolute atomic E-state index is 0.242. The molecule has 0 bridgehead atoms. The van der Waals surface area contributed by atoms with E-state index >= 15 is 0 Å². The number of nitrogens with one attached hydrogen (secondary N) is 1. The molecule has 1 aliphatic rings. The summed E-state index contributed by atoms with van der Waals surface area (Å²) in [6.07, 6.45) is 1.14. The third-order valence-electron chi connectivity index (χ3n) is 5.59. The van der Waals surface area contributed by atoms with Crippen LogP contribution in [-0.2, 0) is 0 Å². The maximum absolute atomic E-state index is 13.1. The van der Waals surface area contributed by atoms with Crippen molar-refractivity contribution in [1.82, 2.24) is 5.32 Å². The van der Waals surface area contributed by atoms with E-state index in [1.807, 2.05) is 30.3 Å². The predicted molar refractivity (Wildman–Crippen MR) is 118 cm³/mol. The van der Waals surface area contributed by atoms with Crippen LogP contribution in [0.5, 0.6) is 5.75 Å². The molecule has 3 aromatic carbocycles. The van der Waals surface area contributed by atoms with Crippen molar-refractivity contribution in [1.29, 1.82) is 0 Å². The molecule has 1 heterocycles. The van der Waals surface area contributed by atoms with E-state index in [4.69, 9.17) is 0 Å². The molecule has 0 saturated carbocycles. The average Bonchev–Trinajstić information content (AvgIpc) is 2.72. The molecular weight excluding hydrogens is 361 g/mol. The Hall–Kier alpha value is -2.91. The Kier molecular flexibility index (Phi) is 6.06. The van der Waals surface area contributed by atoms with Crippen LogP contribution >= 0.6 is 0 Å². The normalized spacial score (nSPS) is 14.9. The van der Waals surface area contributed by atoms with Crippen LogP contribution in [0.4, 0.5) is 4.39 Å². The quantitative estimate of drug-likeness (QED) is 0.503. The lowest BCUT2D eigenvalue weighted by molar-refractivity contribution is 0.448. The zero-order valence-corrected chi connectivity index (χ0v) is 16.4. The zero-order chi connectivity index (χ0) is 20.1. The molecule has 3 aromatic rings. The molecule has 4 rings (SSSR count). The lowest BCUT2D eigenvalue weighted by Crippen LogP contribution is -2.39. The second kappa shape index (κ2) is 9.06. The fraction of sp³-hybridized carbons (Fsp3) is 0.231. The average molecular weight is 387 g/mol. The monoisotopic (exact) mass is 387 g/mol. The van der Waals surface area contributed by atoms with Crippen molar-refractivity contribution in [3.8, 4) is 5.75 Å². The van der Waals surface area contributed by atoms with Crippen LogP contribution in [0.25, 0.3) is 11.1 Å². The van der Waals surface area contributed by atoms with Gasteiger partial charge in [-0.25, -0.2) is 0 Å². The summed E-state index contributed by atoms with van der Waals surface area (Å²) in [4.78, 5) is 0. The third kappa shape index (κ3) is 4.41. The molecule has 0 aliphatic carbocycles. The van der Waals surface area contributed by atoms with Gasteiger partial charge in [-0.05, 0) is 58.4 Å². The second-order valence-electron chi connectivity index (χ2n) is 7.54. The molecule has 0 spiro atoms. The summed E-state index contributed by atoms with van der Waals surface area (Å²) in [5.74, 6) is 0.830. The van der Waals surface area contributed by atoms with Crippen LogP contribution in [0, 0.1) is 0 Å². The van der Waals surface area contributed by atoms with Crippen LogP contribution in [0.3, 0.4) is 0 Å². The molecule has 1 saturated heterocycles.